The quantitative estimate of drug-likeness (QED) is 0.605. The third-order valence-corrected chi connectivity index (χ3v) is 3.40. The number of aromatic nitrogens is 2. The second kappa shape index (κ2) is 5.47. The topological polar surface area (TPSA) is 110 Å². The molecule has 1 N–H and O–H groups in total. The van der Waals surface area contributed by atoms with Crippen LogP contribution in [0.25, 0.3) is 0 Å². The van der Waals surface area contributed by atoms with Gasteiger partial charge in [0.15, 0.2) is 0 Å². The Labute approximate surface area is 120 Å². The third kappa shape index (κ3) is 2.32. The zero-order valence-electron chi connectivity index (χ0n) is 11.7. The SMILES string of the molecule is CCOC(=O)C1(C(=O)O)Cc2nccnc2CN1C(C)=O. The first-order valence-corrected chi connectivity index (χ1v) is 6.41. The van der Waals surface area contributed by atoms with Gasteiger partial charge in [-0.25, -0.2) is 9.59 Å². The molecule has 1 aromatic rings. The van der Waals surface area contributed by atoms with Crippen LogP contribution in [0.5, 0.6) is 0 Å². The van der Waals surface area contributed by atoms with Gasteiger partial charge in [0.05, 0.1) is 24.5 Å². The number of carbonyl (C=O) groups excluding carboxylic acids is 2. The highest BCUT2D eigenvalue weighted by molar-refractivity contribution is 6.07. The summed E-state index contributed by atoms with van der Waals surface area (Å²) in [5.41, 5.74) is -1.23. The maximum atomic E-state index is 12.2. The van der Waals surface area contributed by atoms with E-state index in [-0.39, 0.29) is 19.6 Å². The van der Waals surface area contributed by atoms with Gasteiger partial charge in [-0.05, 0) is 6.92 Å². The van der Waals surface area contributed by atoms with Crippen molar-refractivity contribution in [1.29, 1.82) is 0 Å². The molecule has 8 heteroatoms. The fourth-order valence-electron chi connectivity index (χ4n) is 2.39. The second-order valence-corrected chi connectivity index (χ2v) is 4.62. The van der Waals surface area contributed by atoms with Crippen LogP contribution in [0.4, 0.5) is 0 Å². The van der Waals surface area contributed by atoms with E-state index in [1.165, 1.54) is 19.3 Å². The first-order valence-electron chi connectivity index (χ1n) is 6.41. The van der Waals surface area contributed by atoms with E-state index in [1.54, 1.807) is 6.92 Å². The van der Waals surface area contributed by atoms with Crippen molar-refractivity contribution in [2.24, 2.45) is 0 Å². The minimum absolute atomic E-state index is 0.0208. The molecule has 0 saturated carbocycles. The van der Waals surface area contributed by atoms with Crippen LogP contribution in [0.2, 0.25) is 0 Å². The van der Waals surface area contributed by atoms with Crippen LogP contribution < -0.4 is 0 Å². The highest BCUT2D eigenvalue weighted by Gasteiger charge is 2.57. The molecule has 1 aliphatic heterocycles. The molecule has 1 unspecified atom stereocenters. The van der Waals surface area contributed by atoms with Crippen LogP contribution in [0.3, 0.4) is 0 Å². The Morgan fingerprint density at radius 3 is 2.48 bits per heavy atom. The Morgan fingerprint density at radius 1 is 1.33 bits per heavy atom. The summed E-state index contributed by atoms with van der Waals surface area (Å²) in [5, 5.41) is 9.59. The zero-order valence-corrected chi connectivity index (χ0v) is 11.7. The predicted molar refractivity (Wildman–Crippen MR) is 69.0 cm³/mol. The number of ether oxygens (including phenoxy) is 1. The second-order valence-electron chi connectivity index (χ2n) is 4.62. The van der Waals surface area contributed by atoms with Gasteiger partial charge in [-0.15, -0.1) is 0 Å². The summed E-state index contributed by atoms with van der Waals surface area (Å²) >= 11 is 0. The first-order chi connectivity index (χ1) is 9.93. The summed E-state index contributed by atoms with van der Waals surface area (Å²) in [5.74, 6) is -2.95. The van der Waals surface area contributed by atoms with E-state index in [1.807, 2.05) is 0 Å². The molecule has 1 aromatic heterocycles. The summed E-state index contributed by atoms with van der Waals surface area (Å²) in [7, 11) is 0. The van der Waals surface area contributed by atoms with E-state index >= 15 is 0 Å². The number of hydrogen-bond acceptors (Lipinski definition) is 6. The largest absolute Gasteiger partial charge is 0.479 e. The molecule has 0 radical (unpaired) electrons. The van der Waals surface area contributed by atoms with Crippen molar-refractivity contribution in [3.63, 3.8) is 0 Å². The highest BCUT2D eigenvalue weighted by atomic mass is 16.5. The lowest BCUT2D eigenvalue weighted by molar-refractivity contribution is -0.177. The Bertz CT molecular complexity index is 603. The van der Waals surface area contributed by atoms with Gasteiger partial charge in [0.1, 0.15) is 0 Å². The van der Waals surface area contributed by atoms with E-state index in [0.29, 0.717) is 11.4 Å². The van der Waals surface area contributed by atoms with Gasteiger partial charge in [-0.1, -0.05) is 0 Å². The highest BCUT2D eigenvalue weighted by Crippen LogP contribution is 2.31. The summed E-state index contributed by atoms with van der Waals surface area (Å²) in [6, 6.07) is 0. The van der Waals surface area contributed by atoms with E-state index in [0.717, 1.165) is 4.90 Å². The number of carbonyl (C=O) groups is 3. The van der Waals surface area contributed by atoms with Crippen LogP contribution >= 0.6 is 0 Å². The molecule has 0 saturated heterocycles. The molecule has 2 heterocycles. The van der Waals surface area contributed by atoms with Crippen molar-refractivity contribution >= 4 is 17.8 Å². The first kappa shape index (κ1) is 14.9. The number of fused-ring (bicyclic) bond motifs is 1. The molecule has 112 valence electrons. The smallest absolute Gasteiger partial charge is 0.344 e. The van der Waals surface area contributed by atoms with E-state index in [9.17, 15) is 19.5 Å². The number of rotatable bonds is 3. The fraction of sp³-hybridized carbons (Fsp3) is 0.462. The maximum absolute atomic E-state index is 12.2. The molecule has 2 rings (SSSR count). The molecule has 21 heavy (non-hydrogen) atoms. The lowest BCUT2D eigenvalue weighted by atomic mass is 9.86. The summed E-state index contributed by atoms with van der Waals surface area (Å²) in [4.78, 5) is 45.0. The van der Waals surface area contributed by atoms with Crippen LogP contribution in [-0.2, 0) is 32.1 Å². The molecule has 1 atom stereocenters. The minimum atomic E-state index is -2.09. The maximum Gasteiger partial charge on any atom is 0.344 e. The van der Waals surface area contributed by atoms with Gasteiger partial charge in [-0.3, -0.25) is 14.8 Å². The summed E-state index contributed by atoms with van der Waals surface area (Å²) in [6.07, 6.45) is 2.61. The third-order valence-electron chi connectivity index (χ3n) is 3.40. The van der Waals surface area contributed by atoms with E-state index in [2.05, 4.69) is 9.97 Å². The van der Waals surface area contributed by atoms with Crippen LogP contribution in [0.1, 0.15) is 25.2 Å². The van der Waals surface area contributed by atoms with E-state index in [4.69, 9.17) is 4.74 Å². The monoisotopic (exact) mass is 293 g/mol. The van der Waals surface area contributed by atoms with Crippen molar-refractivity contribution in [2.75, 3.05) is 6.61 Å². The molecule has 1 amide bonds. The minimum Gasteiger partial charge on any atom is -0.479 e. The van der Waals surface area contributed by atoms with Crippen molar-refractivity contribution in [1.82, 2.24) is 14.9 Å². The zero-order chi connectivity index (χ0) is 15.6. The molecule has 0 fully saturated rings. The fourth-order valence-corrected chi connectivity index (χ4v) is 2.39. The standard InChI is InChI=1S/C13H15N3O5/c1-3-21-12(20)13(11(18)19)6-9-10(15-5-4-14-9)7-16(13)8(2)17/h4-5H,3,6-7H2,1-2H3,(H,18,19). The van der Waals surface area contributed by atoms with Crippen LogP contribution in [0, 0.1) is 0 Å². The van der Waals surface area contributed by atoms with Crippen molar-refractivity contribution < 1.29 is 24.2 Å². The summed E-state index contributed by atoms with van der Waals surface area (Å²) in [6.45, 7) is 2.71. The Hall–Kier alpha value is -2.51. The molecular formula is C13H15N3O5. The van der Waals surface area contributed by atoms with Gasteiger partial charge in [0.25, 0.3) is 0 Å². The normalized spacial score (nSPS) is 20.6. The molecular weight excluding hydrogens is 278 g/mol. The van der Waals surface area contributed by atoms with Gasteiger partial charge in [0.2, 0.25) is 11.4 Å². The molecule has 0 aliphatic carbocycles. The van der Waals surface area contributed by atoms with Gasteiger partial charge < -0.3 is 14.7 Å². The average Bonchev–Trinajstić information content (AvgIpc) is 2.45. The predicted octanol–water partition coefficient (Wildman–Crippen LogP) is -0.232. The van der Waals surface area contributed by atoms with Gasteiger partial charge >= 0.3 is 11.9 Å². The van der Waals surface area contributed by atoms with Gasteiger partial charge in [-0.2, -0.15) is 0 Å². The lowest BCUT2D eigenvalue weighted by Crippen LogP contribution is -2.65. The number of aliphatic carboxylic acids is 1. The van der Waals surface area contributed by atoms with Crippen molar-refractivity contribution in [3.8, 4) is 0 Å². The Morgan fingerprint density at radius 2 is 1.95 bits per heavy atom. The van der Waals surface area contributed by atoms with Gasteiger partial charge in [0, 0.05) is 25.7 Å². The summed E-state index contributed by atoms with van der Waals surface area (Å²) < 4.78 is 4.88. The van der Waals surface area contributed by atoms with Crippen molar-refractivity contribution in [3.05, 3.63) is 23.8 Å². The van der Waals surface area contributed by atoms with E-state index < -0.39 is 23.4 Å². The van der Waals surface area contributed by atoms with Crippen LogP contribution in [0.15, 0.2) is 12.4 Å². The Kier molecular flexibility index (Phi) is 3.88. The molecule has 1 aliphatic rings. The average molecular weight is 293 g/mol. The molecule has 0 aromatic carbocycles. The van der Waals surface area contributed by atoms with Crippen LogP contribution in [-0.4, -0.2) is 50.0 Å². The Balaban J connectivity index is 2.58. The number of carboxylic acid groups (broad SMARTS) is 1. The number of esters is 1. The lowest BCUT2D eigenvalue weighted by Gasteiger charge is -2.40. The molecule has 0 bridgehead atoms. The number of carboxylic acids is 1. The number of amides is 1. The number of hydrogen-bond donors (Lipinski definition) is 1. The number of nitrogens with zero attached hydrogens (tertiary/aromatic N) is 3. The van der Waals surface area contributed by atoms with Crippen molar-refractivity contribution in [2.45, 2.75) is 32.4 Å². The molecule has 8 nitrogen and oxygen atoms in total. The molecule has 0 spiro atoms.